The molecule has 0 heterocycles. The van der Waals surface area contributed by atoms with Crippen molar-refractivity contribution in [2.45, 2.75) is 24.0 Å². The summed E-state index contributed by atoms with van der Waals surface area (Å²) >= 11 is 11.4. The molecule has 0 saturated carbocycles. The second kappa shape index (κ2) is 6.06. The van der Waals surface area contributed by atoms with Crippen LogP contribution in [-0.4, -0.2) is 36.7 Å². The average Bonchev–Trinajstić information content (AvgIpc) is 2.28. The Kier molecular flexibility index (Phi) is 5.17. The molecule has 0 aliphatic rings. The Morgan fingerprint density at radius 1 is 1.37 bits per heavy atom. The first-order valence-electron chi connectivity index (χ1n) is 5.03. The normalized spacial score (nSPS) is 14.9. The molecular weight excluding hydrogens is 317 g/mol. The second-order valence-corrected chi connectivity index (χ2v) is 6.28. The van der Waals surface area contributed by atoms with Gasteiger partial charge in [-0.2, -0.15) is 4.72 Å². The Morgan fingerprint density at radius 2 is 1.95 bits per heavy atom. The molecule has 6 nitrogen and oxygen atoms in total. The van der Waals surface area contributed by atoms with E-state index < -0.39 is 28.1 Å². The van der Waals surface area contributed by atoms with Crippen LogP contribution in [0.2, 0.25) is 10.0 Å². The van der Waals surface area contributed by atoms with Gasteiger partial charge in [-0.1, -0.05) is 23.2 Å². The number of aliphatic hydroxyl groups excluding tert-OH is 1. The number of hydrogen-bond donors (Lipinski definition) is 3. The third-order valence-corrected chi connectivity index (χ3v) is 4.37. The molecule has 0 radical (unpaired) electrons. The third kappa shape index (κ3) is 4.05. The molecule has 2 atom stereocenters. The van der Waals surface area contributed by atoms with Gasteiger partial charge in [0.2, 0.25) is 10.0 Å². The predicted octanol–water partition coefficient (Wildman–Crippen LogP) is 1.11. The Morgan fingerprint density at radius 3 is 2.42 bits per heavy atom. The summed E-state index contributed by atoms with van der Waals surface area (Å²) in [6.07, 6.45) is -1.41. The molecule has 0 aliphatic carbocycles. The van der Waals surface area contributed by atoms with Crippen LogP contribution in [0, 0.1) is 0 Å². The molecule has 19 heavy (non-hydrogen) atoms. The van der Waals surface area contributed by atoms with Crippen LogP contribution in [0.3, 0.4) is 0 Å². The lowest BCUT2D eigenvalue weighted by Crippen LogP contribution is -2.47. The molecular formula is C10H11Cl2NO5S. The van der Waals surface area contributed by atoms with E-state index in [9.17, 15) is 18.3 Å². The van der Waals surface area contributed by atoms with Crippen molar-refractivity contribution in [1.82, 2.24) is 4.72 Å². The molecule has 0 saturated heterocycles. The number of aliphatic hydroxyl groups is 1. The van der Waals surface area contributed by atoms with E-state index in [1.165, 1.54) is 12.1 Å². The number of halogens is 2. The fraction of sp³-hybridized carbons (Fsp3) is 0.300. The summed E-state index contributed by atoms with van der Waals surface area (Å²) in [7, 11) is -4.21. The zero-order valence-corrected chi connectivity index (χ0v) is 12.0. The van der Waals surface area contributed by atoms with Crippen LogP contribution in [0.5, 0.6) is 0 Å². The Labute approximate surface area is 120 Å². The van der Waals surface area contributed by atoms with Crippen molar-refractivity contribution < 1.29 is 23.4 Å². The Bertz CT molecular complexity index is 588. The van der Waals surface area contributed by atoms with E-state index in [1.807, 2.05) is 4.72 Å². The van der Waals surface area contributed by atoms with Gasteiger partial charge in [0.15, 0.2) is 0 Å². The summed E-state index contributed by atoms with van der Waals surface area (Å²) in [5.74, 6) is -1.50. The molecule has 9 heteroatoms. The van der Waals surface area contributed by atoms with Gasteiger partial charge in [0.1, 0.15) is 10.9 Å². The standard InChI is InChI=1S/C10H11Cl2NO5S/c1-5(14)9(10(15)16)13-19(17,18)8-4-6(11)2-3-7(8)12/h2-5,9,13-14H,1H3,(H,15,16)/t5-,9+/m1/s1. The van der Waals surface area contributed by atoms with Crippen molar-refractivity contribution in [3.8, 4) is 0 Å². The Balaban J connectivity index is 3.17. The molecule has 0 spiro atoms. The lowest BCUT2D eigenvalue weighted by Gasteiger charge is -2.17. The van der Waals surface area contributed by atoms with Crippen LogP contribution in [0.15, 0.2) is 23.1 Å². The zero-order valence-electron chi connectivity index (χ0n) is 9.67. The average molecular weight is 328 g/mol. The Hall–Kier alpha value is -0.860. The monoisotopic (exact) mass is 327 g/mol. The number of benzene rings is 1. The molecule has 0 unspecified atom stereocenters. The lowest BCUT2D eigenvalue weighted by molar-refractivity contribution is -0.141. The molecule has 1 aromatic rings. The second-order valence-electron chi connectivity index (χ2n) is 3.75. The van der Waals surface area contributed by atoms with E-state index in [0.717, 1.165) is 13.0 Å². The number of rotatable bonds is 5. The zero-order chi connectivity index (χ0) is 14.8. The smallest absolute Gasteiger partial charge is 0.324 e. The largest absolute Gasteiger partial charge is 0.480 e. The predicted molar refractivity (Wildman–Crippen MR) is 69.9 cm³/mol. The molecule has 1 rings (SSSR count). The number of carboxylic acids is 1. The van der Waals surface area contributed by atoms with Gasteiger partial charge in [-0.15, -0.1) is 0 Å². The van der Waals surface area contributed by atoms with Gasteiger partial charge < -0.3 is 10.2 Å². The minimum atomic E-state index is -4.21. The third-order valence-electron chi connectivity index (χ3n) is 2.21. The lowest BCUT2D eigenvalue weighted by atomic mass is 10.2. The van der Waals surface area contributed by atoms with Crippen LogP contribution in [0.1, 0.15) is 6.92 Å². The van der Waals surface area contributed by atoms with Crippen molar-refractivity contribution >= 4 is 39.2 Å². The van der Waals surface area contributed by atoms with Crippen LogP contribution < -0.4 is 4.72 Å². The van der Waals surface area contributed by atoms with E-state index in [4.69, 9.17) is 28.3 Å². The number of nitrogens with one attached hydrogen (secondary N) is 1. The molecule has 0 amide bonds. The number of aliphatic carboxylic acids is 1. The highest BCUT2D eigenvalue weighted by Gasteiger charge is 2.30. The molecule has 3 N–H and O–H groups in total. The van der Waals surface area contributed by atoms with Gasteiger partial charge in [0.05, 0.1) is 11.1 Å². The van der Waals surface area contributed by atoms with Gasteiger partial charge in [0, 0.05) is 5.02 Å². The molecule has 0 fully saturated rings. The van der Waals surface area contributed by atoms with Crippen molar-refractivity contribution in [3.63, 3.8) is 0 Å². The summed E-state index contributed by atoms with van der Waals surface area (Å²) < 4.78 is 25.8. The maximum absolute atomic E-state index is 12.0. The topological polar surface area (TPSA) is 104 Å². The first-order chi connectivity index (χ1) is 8.65. The molecule has 0 aromatic heterocycles. The highest BCUT2D eigenvalue weighted by molar-refractivity contribution is 7.89. The summed E-state index contributed by atoms with van der Waals surface area (Å²) in [6.45, 7) is 1.15. The summed E-state index contributed by atoms with van der Waals surface area (Å²) in [5, 5.41) is 18.1. The van der Waals surface area contributed by atoms with E-state index in [-0.39, 0.29) is 14.9 Å². The van der Waals surface area contributed by atoms with Crippen LogP contribution in [0.25, 0.3) is 0 Å². The van der Waals surface area contributed by atoms with Crippen molar-refractivity contribution in [2.75, 3.05) is 0 Å². The first kappa shape index (κ1) is 16.2. The van der Waals surface area contributed by atoms with Crippen molar-refractivity contribution in [2.24, 2.45) is 0 Å². The SMILES string of the molecule is C[C@@H](O)[C@H](NS(=O)(=O)c1cc(Cl)ccc1Cl)C(=O)O. The number of carboxylic acid groups (broad SMARTS) is 1. The summed E-state index contributed by atoms with van der Waals surface area (Å²) in [4.78, 5) is 10.5. The summed E-state index contributed by atoms with van der Waals surface area (Å²) in [6, 6.07) is 2.08. The maximum atomic E-state index is 12.0. The molecule has 0 aliphatic heterocycles. The maximum Gasteiger partial charge on any atom is 0.324 e. The van der Waals surface area contributed by atoms with Crippen molar-refractivity contribution in [3.05, 3.63) is 28.2 Å². The van der Waals surface area contributed by atoms with E-state index in [0.29, 0.717) is 0 Å². The first-order valence-corrected chi connectivity index (χ1v) is 7.27. The minimum absolute atomic E-state index is 0.105. The molecule has 106 valence electrons. The van der Waals surface area contributed by atoms with E-state index in [2.05, 4.69) is 0 Å². The minimum Gasteiger partial charge on any atom is -0.480 e. The highest BCUT2D eigenvalue weighted by atomic mass is 35.5. The quantitative estimate of drug-likeness (QED) is 0.751. The highest BCUT2D eigenvalue weighted by Crippen LogP contribution is 2.25. The van der Waals surface area contributed by atoms with Crippen LogP contribution >= 0.6 is 23.2 Å². The van der Waals surface area contributed by atoms with Gasteiger partial charge >= 0.3 is 5.97 Å². The molecule has 0 bridgehead atoms. The van der Waals surface area contributed by atoms with Gasteiger partial charge in [-0.3, -0.25) is 4.79 Å². The van der Waals surface area contributed by atoms with Crippen molar-refractivity contribution in [1.29, 1.82) is 0 Å². The van der Waals surface area contributed by atoms with Gasteiger partial charge in [-0.05, 0) is 25.1 Å². The number of carbonyl (C=O) groups is 1. The van der Waals surface area contributed by atoms with E-state index >= 15 is 0 Å². The number of sulfonamides is 1. The summed E-state index contributed by atoms with van der Waals surface area (Å²) in [5.41, 5.74) is 0. The van der Waals surface area contributed by atoms with Crippen LogP contribution in [0.4, 0.5) is 0 Å². The van der Waals surface area contributed by atoms with Crippen LogP contribution in [-0.2, 0) is 14.8 Å². The fourth-order valence-electron chi connectivity index (χ4n) is 1.27. The molecule has 1 aromatic carbocycles. The van der Waals surface area contributed by atoms with Gasteiger partial charge in [-0.25, -0.2) is 8.42 Å². The fourth-order valence-corrected chi connectivity index (χ4v) is 3.29. The van der Waals surface area contributed by atoms with Gasteiger partial charge in [0.25, 0.3) is 0 Å². The number of hydrogen-bond acceptors (Lipinski definition) is 4. The van der Waals surface area contributed by atoms with E-state index in [1.54, 1.807) is 0 Å².